The highest BCUT2D eigenvalue weighted by Crippen LogP contribution is 2.26. The fourth-order valence-corrected chi connectivity index (χ4v) is 3.18. The molecule has 0 atom stereocenters. The number of aryl methyl sites for hydroxylation is 2. The predicted molar refractivity (Wildman–Crippen MR) is 103 cm³/mol. The Kier molecular flexibility index (Phi) is 4.39. The van der Waals surface area contributed by atoms with E-state index < -0.39 is 11.6 Å². The van der Waals surface area contributed by atoms with E-state index in [1.807, 2.05) is 26.0 Å². The van der Waals surface area contributed by atoms with Crippen molar-refractivity contribution in [3.8, 4) is 5.75 Å². The third-order valence-electron chi connectivity index (χ3n) is 4.81. The number of carbonyl (C=O) groups is 1. The van der Waals surface area contributed by atoms with Crippen molar-refractivity contribution in [3.05, 3.63) is 75.3 Å². The molecule has 0 aliphatic carbocycles. The third-order valence-corrected chi connectivity index (χ3v) is 4.81. The first-order valence-electron chi connectivity index (χ1n) is 8.79. The van der Waals surface area contributed by atoms with E-state index in [-0.39, 0.29) is 24.4 Å². The van der Waals surface area contributed by atoms with Crippen LogP contribution in [-0.4, -0.2) is 11.1 Å². The first kappa shape index (κ1) is 17.9. The van der Waals surface area contributed by atoms with Crippen LogP contribution < -0.4 is 5.63 Å². The third kappa shape index (κ3) is 3.36. The van der Waals surface area contributed by atoms with Gasteiger partial charge in [0.2, 0.25) is 0 Å². The van der Waals surface area contributed by atoms with Crippen LogP contribution in [0.15, 0.2) is 56.3 Å². The van der Waals surface area contributed by atoms with Gasteiger partial charge < -0.3 is 18.7 Å². The largest absolute Gasteiger partial charge is 0.508 e. The van der Waals surface area contributed by atoms with Gasteiger partial charge in [-0.15, -0.1) is 0 Å². The summed E-state index contributed by atoms with van der Waals surface area (Å²) in [6, 6.07) is 9.68. The van der Waals surface area contributed by atoms with Crippen molar-refractivity contribution in [2.24, 2.45) is 0 Å². The fourth-order valence-electron chi connectivity index (χ4n) is 3.18. The van der Waals surface area contributed by atoms with Crippen molar-refractivity contribution in [2.45, 2.75) is 26.9 Å². The smallest absolute Gasteiger partial charge is 0.336 e. The summed E-state index contributed by atoms with van der Waals surface area (Å²) in [7, 11) is 0. The molecule has 0 fully saturated rings. The molecule has 0 aliphatic heterocycles. The Morgan fingerprint density at radius 1 is 1.00 bits per heavy atom. The summed E-state index contributed by atoms with van der Waals surface area (Å²) in [6.45, 7) is 3.94. The van der Waals surface area contributed by atoms with Gasteiger partial charge in [0.05, 0.1) is 12.7 Å². The normalized spacial score (nSPS) is 11.2. The molecule has 6 heteroatoms. The second-order valence-electron chi connectivity index (χ2n) is 6.80. The Balaban J connectivity index is 1.53. The molecule has 142 valence electrons. The van der Waals surface area contributed by atoms with Gasteiger partial charge in [-0.2, -0.15) is 0 Å². The molecule has 4 aromatic rings. The number of phenolic OH excluding ortho intramolecular Hbond substituents is 1. The number of carbonyl (C=O) groups excluding carboxylic acids is 1. The number of rotatable bonds is 4. The maximum Gasteiger partial charge on any atom is 0.336 e. The lowest BCUT2D eigenvalue weighted by Gasteiger charge is -2.07. The SMILES string of the molecule is Cc1cc2occ(CC(=O)OCc3cc(=O)oc4cc(O)ccc34)c2cc1C. The van der Waals surface area contributed by atoms with E-state index in [1.54, 1.807) is 12.3 Å². The van der Waals surface area contributed by atoms with E-state index in [0.29, 0.717) is 10.9 Å². The number of esters is 1. The average molecular weight is 378 g/mol. The first-order chi connectivity index (χ1) is 13.4. The Morgan fingerprint density at radius 3 is 2.61 bits per heavy atom. The molecule has 2 heterocycles. The molecule has 0 aliphatic rings. The van der Waals surface area contributed by atoms with Crippen molar-refractivity contribution in [3.63, 3.8) is 0 Å². The molecule has 1 N–H and O–H groups in total. The summed E-state index contributed by atoms with van der Waals surface area (Å²) >= 11 is 0. The lowest BCUT2D eigenvalue weighted by atomic mass is 10.0. The van der Waals surface area contributed by atoms with Crippen LogP contribution in [0.25, 0.3) is 21.9 Å². The maximum absolute atomic E-state index is 12.3. The van der Waals surface area contributed by atoms with E-state index >= 15 is 0 Å². The Labute approximate surface area is 160 Å². The van der Waals surface area contributed by atoms with E-state index in [9.17, 15) is 14.7 Å². The van der Waals surface area contributed by atoms with E-state index in [2.05, 4.69) is 0 Å². The fraction of sp³-hybridized carbons (Fsp3) is 0.182. The minimum atomic E-state index is -0.573. The van der Waals surface area contributed by atoms with Crippen LogP contribution in [0.3, 0.4) is 0 Å². The monoisotopic (exact) mass is 378 g/mol. The second-order valence-corrected chi connectivity index (χ2v) is 6.80. The molecule has 2 aromatic heterocycles. The van der Waals surface area contributed by atoms with Crippen molar-refractivity contribution in [1.82, 2.24) is 0 Å². The van der Waals surface area contributed by atoms with Crippen molar-refractivity contribution in [1.29, 1.82) is 0 Å². The molecule has 2 aromatic carbocycles. The highest BCUT2D eigenvalue weighted by atomic mass is 16.5. The van der Waals surface area contributed by atoms with Gasteiger partial charge >= 0.3 is 11.6 Å². The van der Waals surface area contributed by atoms with Gasteiger partial charge in [-0.1, -0.05) is 0 Å². The number of hydrogen-bond donors (Lipinski definition) is 1. The zero-order valence-corrected chi connectivity index (χ0v) is 15.4. The lowest BCUT2D eigenvalue weighted by Crippen LogP contribution is -2.09. The van der Waals surface area contributed by atoms with E-state index in [4.69, 9.17) is 13.6 Å². The molecule has 0 unspecified atom stereocenters. The minimum Gasteiger partial charge on any atom is -0.508 e. The Bertz CT molecular complexity index is 1260. The summed E-state index contributed by atoms with van der Waals surface area (Å²) < 4.78 is 16.0. The summed E-state index contributed by atoms with van der Waals surface area (Å²) in [5.41, 5.74) is 3.91. The van der Waals surface area contributed by atoms with Gasteiger partial charge in [-0.05, 0) is 49.2 Å². The second kappa shape index (κ2) is 6.88. The molecular weight excluding hydrogens is 360 g/mol. The minimum absolute atomic E-state index is 0.0119. The topological polar surface area (TPSA) is 89.9 Å². The van der Waals surface area contributed by atoms with E-state index in [1.165, 1.54) is 18.2 Å². The summed E-state index contributed by atoms with van der Waals surface area (Å²) in [5, 5.41) is 11.0. The van der Waals surface area contributed by atoms with Crippen LogP contribution in [-0.2, 0) is 22.6 Å². The number of hydrogen-bond acceptors (Lipinski definition) is 6. The van der Waals surface area contributed by atoms with Crippen molar-refractivity contribution < 1.29 is 23.5 Å². The number of furan rings is 1. The molecular formula is C22H18O6. The van der Waals surface area contributed by atoms with Gasteiger partial charge in [0.1, 0.15) is 23.5 Å². The van der Waals surface area contributed by atoms with Gasteiger partial charge in [-0.25, -0.2) is 4.79 Å². The molecule has 4 rings (SSSR count). The van der Waals surface area contributed by atoms with Crippen molar-refractivity contribution in [2.75, 3.05) is 0 Å². The Morgan fingerprint density at radius 2 is 1.79 bits per heavy atom. The number of ether oxygens (including phenoxy) is 1. The lowest BCUT2D eigenvalue weighted by molar-refractivity contribution is -0.144. The Hall–Kier alpha value is -3.54. The molecule has 0 radical (unpaired) electrons. The predicted octanol–water partition coefficient (Wildman–Crippen LogP) is 4.15. The molecule has 28 heavy (non-hydrogen) atoms. The zero-order valence-electron chi connectivity index (χ0n) is 15.4. The van der Waals surface area contributed by atoms with Gasteiger partial charge in [0.15, 0.2) is 0 Å². The van der Waals surface area contributed by atoms with Gasteiger partial charge in [-0.3, -0.25) is 4.79 Å². The summed E-state index contributed by atoms with van der Waals surface area (Å²) in [6.07, 6.45) is 1.63. The highest BCUT2D eigenvalue weighted by molar-refractivity contribution is 5.87. The maximum atomic E-state index is 12.3. The van der Waals surface area contributed by atoms with Crippen LogP contribution in [0.5, 0.6) is 5.75 Å². The molecule has 0 bridgehead atoms. The highest BCUT2D eigenvalue weighted by Gasteiger charge is 2.14. The molecule has 6 nitrogen and oxygen atoms in total. The van der Waals surface area contributed by atoms with Crippen LogP contribution in [0.2, 0.25) is 0 Å². The van der Waals surface area contributed by atoms with Gasteiger partial charge in [0, 0.05) is 34.0 Å². The van der Waals surface area contributed by atoms with Crippen molar-refractivity contribution >= 4 is 27.9 Å². The molecule has 0 amide bonds. The standard InChI is InChI=1S/C22H18O6/c1-12-5-18-15(10-26-19(18)6-13(12)2)7-21(24)27-11-14-8-22(25)28-20-9-16(23)3-4-17(14)20/h3-6,8-10,23H,7,11H2,1-2H3. The molecule has 0 saturated heterocycles. The van der Waals surface area contributed by atoms with Crippen LogP contribution in [0.4, 0.5) is 0 Å². The average Bonchev–Trinajstić information content (AvgIpc) is 3.01. The summed E-state index contributed by atoms with van der Waals surface area (Å²) in [5.74, 6) is -0.441. The molecule has 0 spiro atoms. The van der Waals surface area contributed by atoms with Gasteiger partial charge in [0.25, 0.3) is 0 Å². The number of benzene rings is 2. The van der Waals surface area contributed by atoms with Crippen LogP contribution in [0, 0.1) is 13.8 Å². The quantitative estimate of drug-likeness (QED) is 0.424. The van der Waals surface area contributed by atoms with E-state index in [0.717, 1.165) is 27.7 Å². The number of phenols is 1. The van der Waals surface area contributed by atoms with Crippen LogP contribution >= 0.6 is 0 Å². The first-order valence-corrected chi connectivity index (χ1v) is 8.79. The summed E-state index contributed by atoms with van der Waals surface area (Å²) in [4.78, 5) is 24.1. The number of fused-ring (bicyclic) bond motifs is 2. The molecule has 0 saturated carbocycles. The number of aromatic hydroxyl groups is 1. The van der Waals surface area contributed by atoms with Crippen LogP contribution in [0.1, 0.15) is 22.3 Å². The zero-order chi connectivity index (χ0) is 19.8.